The molecule has 0 aromatic rings. The van der Waals surface area contributed by atoms with Crippen LogP contribution in [0, 0.1) is 5.92 Å². The summed E-state index contributed by atoms with van der Waals surface area (Å²) >= 11 is 0. The molecule has 0 aliphatic carbocycles. The first-order valence-corrected chi connectivity index (χ1v) is 5.70. The Morgan fingerprint density at radius 2 is 2.25 bits per heavy atom. The molecule has 0 bridgehead atoms. The largest absolute Gasteiger partial charge is 0.383 e. The monoisotopic (exact) mass is 228 g/mol. The summed E-state index contributed by atoms with van der Waals surface area (Å²) in [5, 5.41) is 3.01. The van der Waals surface area contributed by atoms with Crippen LogP contribution < -0.4 is 5.32 Å². The Labute approximate surface area is 98.6 Å². The Kier molecular flexibility index (Phi) is 8.85. The predicted octanol–water partition coefficient (Wildman–Crippen LogP) is 0.893. The fraction of sp³-hybridized carbons (Fsp3) is 0.750. The Hall–Kier alpha value is -0.870. The summed E-state index contributed by atoms with van der Waals surface area (Å²) in [7, 11) is 1.65. The molecule has 0 aromatic carbocycles. The van der Waals surface area contributed by atoms with Gasteiger partial charge in [-0.2, -0.15) is 0 Å². The average Bonchev–Trinajstić information content (AvgIpc) is 2.23. The van der Waals surface area contributed by atoms with Crippen molar-refractivity contribution in [3.8, 4) is 0 Å². The highest BCUT2D eigenvalue weighted by Crippen LogP contribution is 1.99. The lowest BCUT2D eigenvalue weighted by Gasteiger charge is -2.24. The zero-order chi connectivity index (χ0) is 12.4. The second kappa shape index (κ2) is 9.36. The molecule has 0 radical (unpaired) electrons. The van der Waals surface area contributed by atoms with E-state index in [0.717, 1.165) is 6.54 Å². The number of ether oxygens (including phenoxy) is 1. The zero-order valence-corrected chi connectivity index (χ0v) is 10.7. The molecule has 0 aromatic heterocycles. The zero-order valence-electron chi connectivity index (χ0n) is 10.7. The normalized spacial score (nSPS) is 10.5. The van der Waals surface area contributed by atoms with E-state index in [1.54, 1.807) is 13.2 Å². The molecule has 0 rings (SSSR count). The van der Waals surface area contributed by atoms with E-state index in [4.69, 9.17) is 4.74 Å². The Morgan fingerprint density at radius 1 is 1.56 bits per heavy atom. The van der Waals surface area contributed by atoms with Crippen LogP contribution >= 0.6 is 0 Å². The predicted molar refractivity (Wildman–Crippen MR) is 66.4 cm³/mol. The van der Waals surface area contributed by atoms with Gasteiger partial charge in [-0.25, -0.2) is 0 Å². The molecule has 0 aliphatic rings. The maximum absolute atomic E-state index is 11.8. The van der Waals surface area contributed by atoms with Gasteiger partial charge in [-0.1, -0.05) is 19.9 Å². The van der Waals surface area contributed by atoms with Crippen molar-refractivity contribution in [2.45, 2.75) is 13.8 Å². The van der Waals surface area contributed by atoms with Crippen LogP contribution in [0.1, 0.15) is 13.8 Å². The molecule has 16 heavy (non-hydrogen) atoms. The van der Waals surface area contributed by atoms with Crippen LogP contribution in [0.25, 0.3) is 0 Å². The minimum atomic E-state index is 0.118. The fourth-order valence-corrected chi connectivity index (χ4v) is 1.35. The summed E-state index contributed by atoms with van der Waals surface area (Å²) < 4.78 is 5.00. The molecule has 4 heteroatoms. The van der Waals surface area contributed by atoms with Crippen molar-refractivity contribution in [2.75, 3.05) is 39.9 Å². The lowest BCUT2D eigenvalue weighted by molar-refractivity contribution is -0.131. The van der Waals surface area contributed by atoms with Crippen LogP contribution in [0.5, 0.6) is 0 Å². The van der Waals surface area contributed by atoms with Crippen LogP contribution in [0.15, 0.2) is 12.7 Å². The summed E-state index contributed by atoms with van der Waals surface area (Å²) in [4.78, 5) is 13.7. The molecule has 0 fully saturated rings. The van der Waals surface area contributed by atoms with E-state index in [2.05, 4.69) is 25.7 Å². The van der Waals surface area contributed by atoms with Crippen molar-refractivity contribution >= 4 is 5.91 Å². The minimum absolute atomic E-state index is 0.118. The van der Waals surface area contributed by atoms with Gasteiger partial charge in [0.2, 0.25) is 5.91 Å². The lowest BCUT2D eigenvalue weighted by Crippen LogP contribution is -2.41. The number of amides is 1. The number of nitrogens with zero attached hydrogens (tertiary/aromatic N) is 1. The van der Waals surface area contributed by atoms with Crippen molar-refractivity contribution in [1.82, 2.24) is 10.2 Å². The number of rotatable bonds is 9. The SMILES string of the molecule is C=CCNCC(=O)N(CCOC)CC(C)C. The first kappa shape index (κ1) is 15.1. The molecule has 0 saturated carbocycles. The van der Waals surface area contributed by atoms with Gasteiger partial charge in [0.1, 0.15) is 0 Å². The Bertz CT molecular complexity index is 205. The number of hydrogen-bond acceptors (Lipinski definition) is 3. The molecule has 4 nitrogen and oxygen atoms in total. The summed E-state index contributed by atoms with van der Waals surface area (Å²) in [6.45, 7) is 10.8. The highest BCUT2D eigenvalue weighted by Gasteiger charge is 2.13. The number of carbonyl (C=O) groups excluding carboxylic acids is 1. The first-order valence-electron chi connectivity index (χ1n) is 5.70. The third kappa shape index (κ3) is 7.43. The van der Waals surface area contributed by atoms with E-state index in [1.165, 1.54) is 0 Å². The standard InChI is InChI=1S/C12H24N2O2/c1-5-6-13-9-12(15)14(7-8-16-4)10-11(2)3/h5,11,13H,1,6-10H2,2-4H3. The number of nitrogens with one attached hydrogen (secondary N) is 1. The van der Waals surface area contributed by atoms with Crippen molar-refractivity contribution in [3.63, 3.8) is 0 Å². The van der Waals surface area contributed by atoms with E-state index in [0.29, 0.717) is 32.2 Å². The van der Waals surface area contributed by atoms with Gasteiger partial charge in [-0.15, -0.1) is 6.58 Å². The summed E-state index contributed by atoms with van der Waals surface area (Å²) in [6, 6.07) is 0. The average molecular weight is 228 g/mol. The molecule has 1 N–H and O–H groups in total. The smallest absolute Gasteiger partial charge is 0.236 e. The molecule has 0 heterocycles. The minimum Gasteiger partial charge on any atom is -0.383 e. The number of carbonyl (C=O) groups is 1. The summed E-state index contributed by atoms with van der Waals surface area (Å²) in [5.74, 6) is 0.591. The topological polar surface area (TPSA) is 41.6 Å². The Morgan fingerprint density at radius 3 is 2.75 bits per heavy atom. The van der Waals surface area contributed by atoms with Gasteiger partial charge in [-0.05, 0) is 5.92 Å². The molecule has 94 valence electrons. The van der Waals surface area contributed by atoms with Crippen LogP contribution in [-0.4, -0.2) is 50.7 Å². The molecule has 0 aliphatic heterocycles. The van der Waals surface area contributed by atoms with E-state index in [9.17, 15) is 4.79 Å². The molecule has 0 atom stereocenters. The highest BCUT2D eigenvalue weighted by atomic mass is 16.5. The van der Waals surface area contributed by atoms with Crippen LogP contribution in [0.3, 0.4) is 0 Å². The maximum atomic E-state index is 11.8. The van der Waals surface area contributed by atoms with Gasteiger partial charge in [0.05, 0.1) is 13.2 Å². The van der Waals surface area contributed by atoms with Gasteiger partial charge >= 0.3 is 0 Å². The molecular formula is C12H24N2O2. The number of methoxy groups -OCH3 is 1. The molecular weight excluding hydrogens is 204 g/mol. The van der Waals surface area contributed by atoms with Gasteiger partial charge < -0.3 is 15.0 Å². The van der Waals surface area contributed by atoms with Gasteiger partial charge in [-0.3, -0.25) is 4.79 Å². The lowest BCUT2D eigenvalue weighted by atomic mass is 10.2. The Balaban J connectivity index is 4.03. The van der Waals surface area contributed by atoms with Crippen molar-refractivity contribution in [2.24, 2.45) is 5.92 Å². The van der Waals surface area contributed by atoms with E-state index < -0.39 is 0 Å². The quantitative estimate of drug-likeness (QED) is 0.471. The van der Waals surface area contributed by atoms with Crippen molar-refractivity contribution in [3.05, 3.63) is 12.7 Å². The molecule has 0 saturated heterocycles. The van der Waals surface area contributed by atoms with Gasteiger partial charge in [0.25, 0.3) is 0 Å². The molecule has 0 unspecified atom stereocenters. The summed E-state index contributed by atoms with van der Waals surface area (Å²) in [5.41, 5.74) is 0. The van der Waals surface area contributed by atoms with Crippen LogP contribution in [0.4, 0.5) is 0 Å². The van der Waals surface area contributed by atoms with Crippen LogP contribution in [-0.2, 0) is 9.53 Å². The van der Waals surface area contributed by atoms with Gasteiger partial charge in [0, 0.05) is 26.7 Å². The fourth-order valence-electron chi connectivity index (χ4n) is 1.35. The molecule has 0 spiro atoms. The van der Waals surface area contributed by atoms with Gasteiger partial charge in [0.15, 0.2) is 0 Å². The highest BCUT2D eigenvalue weighted by molar-refractivity contribution is 5.78. The van der Waals surface area contributed by atoms with Crippen molar-refractivity contribution < 1.29 is 9.53 Å². The second-order valence-electron chi connectivity index (χ2n) is 4.15. The second-order valence-corrected chi connectivity index (χ2v) is 4.15. The van der Waals surface area contributed by atoms with E-state index in [1.807, 2.05) is 4.90 Å². The molecule has 1 amide bonds. The maximum Gasteiger partial charge on any atom is 0.236 e. The van der Waals surface area contributed by atoms with E-state index in [-0.39, 0.29) is 5.91 Å². The van der Waals surface area contributed by atoms with Crippen molar-refractivity contribution in [1.29, 1.82) is 0 Å². The van der Waals surface area contributed by atoms with Crippen LogP contribution in [0.2, 0.25) is 0 Å². The third-order valence-corrected chi connectivity index (χ3v) is 2.07. The number of hydrogen-bond donors (Lipinski definition) is 1. The van der Waals surface area contributed by atoms with E-state index >= 15 is 0 Å². The summed E-state index contributed by atoms with van der Waals surface area (Å²) in [6.07, 6.45) is 1.75. The third-order valence-electron chi connectivity index (χ3n) is 2.07. The first-order chi connectivity index (χ1) is 7.61.